The molecule has 2 N–H and O–H groups in total. The molecule has 0 bridgehead atoms. The van der Waals surface area contributed by atoms with Gasteiger partial charge in [-0.2, -0.15) is 0 Å². The molecular formula is C13H18ClN5. The highest BCUT2D eigenvalue weighted by Gasteiger charge is 2.26. The molecule has 0 spiro atoms. The second kappa shape index (κ2) is 4.81. The van der Waals surface area contributed by atoms with Gasteiger partial charge in [-0.05, 0) is 41.0 Å². The number of rotatable bonds is 2. The van der Waals surface area contributed by atoms with Crippen LogP contribution in [-0.2, 0) is 0 Å². The molecule has 102 valence electrons. The van der Waals surface area contributed by atoms with Gasteiger partial charge in [-0.3, -0.25) is 0 Å². The van der Waals surface area contributed by atoms with Crippen molar-refractivity contribution in [1.82, 2.24) is 20.2 Å². The molecule has 2 rings (SSSR count). The van der Waals surface area contributed by atoms with Crippen molar-refractivity contribution in [3.05, 3.63) is 23.2 Å². The molecule has 5 nitrogen and oxygen atoms in total. The fraction of sp³-hybridized carbons (Fsp3) is 0.462. The monoisotopic (exact) mass is 279 g/mol. The zero-order chi connectivity index (χ0) is 14.2. The van der Waals surface area contributed by atoms with Crippen LogP contribution in [0.1, 0.15) is 33.7 Å². The quantitative estimate of drug-likeness (QED) is 0.857. The molecule has 0 aliphatic heterocycles. The lowest BCUT2D eigenvalue weighted by Crippen LogP contribution is -2.23. The molecule has 0 aliphatic rings. The lowest BCUT2D eigenvalue weighted by atomic mass is 9.88. The van der Waals surface area contributed by atoms with Crippen molar-refractivity contribution in [3.63, 3.8) is 0 Å². The summed E-state index contributed by atoms with van der Waals surface area (Å²) < 4.78 is 1.81. The molecule has 0 radical (unpaired) electrons. The fourth-order valence-electron chi connectivity index (χ4n) is 1.75. The van der Waals surface area contributed by atoms with Gasteiger partial charge in [0.05, 0.1) is 6.04 Å². The van der Waals surface area contributed by atoms with Crippen LogP contribution in [0.25, 0.3) is 11.4 Å². The first-order valence-corrected chi connectivity index (χ1v) is 6.51. The molecule has 0 aliphatic carbocycles. The summed E-state index contributed by atoms with van der Waals surface area (Å²) in [6.45, 7) is 8.54. The normalized spacial score (nSPS) is 13.5. The van der Waals surface area contributed by atoms with Gasteiger partial charge >= 0.3 is 0 Å². The van der Waals surface area contributed by atoms with E-state index in [0.29, 0.717) is 16.5 Å². The van der Waals surface area contributed by atoms with Gasteiger partial charge in [-0.25, -0.2) is 4.68 Å². The Hall–Kier alpha value is -1.62. The molecule has 19 heavy (non-hydrogen) atoms. The van der Waals surface area contributed by atoms with Crippen LogP contribution >= 0.6 is 11.6 Å². The second-order valence-corrected chi connectivity index (χ2v) is 6.20. The van der Waals surface area contributed by atoms with Gasteiger partial charge in [0.2, 0.25) is 0 Å². The number of anilines is 1. The summed E-state index contributed by atoms with van der Waals surface area (Å²) in [6, 6.07) is 5.49. The third kappa shape index (κ3) is 2.87. The van der Waals surface area contributed by atoms with E-state index in [1.54, 1.807) is 6.07 Å². The van der Waals surface area contributed by atoms with Gasteiger partial charge in [0.15, 0.2) is 5.82 Å². The highest BCUT2D eigenvalue weighted by molar-refractivity contribution is 6.31. The van der Waals surface area contributed by atoms with Crippen LogP contribution in [0.5, 0.6) is 0 Å². The third-order valence-corrected chi connectivity index (χ3v) is 3.51. The Morgan fingerprint density at radius 2 is 1.95 bits per heavy atom. The third-order valence-electron chi connectivity index (χ3n) is 3.29. The molecule has 1 unspecified atom stereocenters. The first-order chi connectivity index (χ1) is 8.79. The van der Waals surface area contributed by atoms with Crippen molar-refractivity contribution >= 4 is 17.3 Å². The summed E-state index contributed by atoms with van der Waals surface area (Å²) in [6.07, 6.45) is 0. The van der Waals surface area contributed by atoms with E-state index in [4.69, 9.17) is 17.3 Å². The lowest BCUT2D eigenvalue weighted by Gasteiger charge is -2.27. The number of nitrogen functional groups attached to an aromatic ring is 1. The summed E-state index contributed by atoms with van der Waals surface area (Å²) in [5.74, 6) is 0.677. The molecule has 2 aromatic rings. The maximum absolute atomic E-state index is 6.03. The van der Waals surface area contributed by atoms with Crippen LogP contribution in [-0.4, -0.2) is 20.2 Å². The maximum atomic E-state index is 6.03. The Morgan fingerprint density at radius 3 is 2.53 bits per heavy atom. The Balaban J connectivity index is 2.50. The van der Waals surface area contributed by atoms with E-state index in [2.05, 4.69) is 43.2 Å². The standard InChI is InChI=1S/C13H18ClN5/c1-8(13(2,3)4)19-12(16-17-18-19)9-5-10(14)7-11(15)6-9/h5-8H,15H2,1-4H3. The van der Waals surface area contributed by atoms with Crippen LogP contribution in [0.3, 0.4) is 0 Å². The van der Waals surface area contributed by atoms with Crippen molar-refractivity contribution in [2.75, 3.05) is 5.73 Å². The molecule has 1 aromatic carbocycles. The topological polar surface area (TPSA) is 69.6 Å². The van der Waals surface area contributed by atoms with Crippen molar-refractivity contribution in [2.24, 2.45) is 5.41 Å². The highest BCUT2D eigenvalue weighted by atomic mass is 35.5. The average molecular weight is 280 g/mol. The van der Waals surface area contributed by atoms with Gasteiger partial charge in [0, 0.05) is 16.3 Å². The number of nitrogens with two attached hydrogens (primary N) is 1. The van der Waals surface area contributed by atoms with E-state index < -0.39 is 0 Å². The largest absolute Gasteiger partial charge is 0.399 e. The minimum absolute atomic E-state index is 0.0499. The Labute approximate surface area is 117 Å². The number of tetrazole rings is 1. The maximum Gasteiger partial charge on any atom is 0.182 e. The Morgan fingerprint density at radius 1 is 1.26 bits per heavy atom. The minimum atomic E-state index is 0.0499. The fourth-order valence-corrected chi connectivity index (χ4v) is 2.00. The van der Waals surface area contributed by atoms with Gasteiger partial charge < -0.3 is 5.73 Å². The van der Waals surface area contributed by atoms with E-state index >= 15 is 0 Å². The van der Waals surface area contributed by atoms with E-state index in [-0.39, 0.29) is 11.5 Å². The zero-order valence-corrected chi connectivity index (χ0v) is 12.3. The van der Waals surface area contributed by atoms with Gasteiger partial charge in [0.1, 0.15) is 0 Å². The SMILES string of the molecule is CC(n1nnnc1-c1cc(N)cc(Cl)c1)C(C)(C)C. The van der Waals surface area contributed by atoms with Gasteiger partial charge in [-0.15, -0.1) is 5.10 Å². The van der Waals surface area contributed by atoms with Gasteiger partial charge in [-0.1, -0.05) is 32.4 Å². The number of halogens is 1. The summed E-state index contributed by atoms with van der Waals surface area (Å²) in [7, 11) is 0. The molecule has 6 heteroatoms. The summed E-state index contributed by atoms with van der Waals surface area (Å²) in [5, 5.41) is 12.5. The second-order valence-electron chi connectivity index (χ2n) is 5.76. The average Bonchev–Trinajstić information content (AvgIpc) is 2.73. The molecule has 0 saturated heterocycles. The van der Waals surface area contributed by atoms with E-state index in [9.17, 15) is 0 Å². The Kier molecular flexibility index (Phi) is 3.49. The number of hydrogen-bond acceptors (Lipinski definition) is 4. The van der Waals surface area contributed by atoms with Crippen molar-refractivity contribution in [3.8, 4) is 11.4 Å². The summed E-state index contributed by atoms with van der Waals surface area (Å²) in [4.78, 5) is 0. The smallest absolute Gasteiger partial charge is 0.182 e. The number of hydrogen-bond donors (Lipinski definition) is 1. The summed E-state index contributed by atoms with van der Waals surface area (Å²) in [5.41, 5.74) is 7.29. The van der Waals surface area contributed by atoms with Crippen molar-refractivity contribution in [1.29, 1.82) is 0 Å². The molecule has 1 aromatic heterocycles. The lowest BCUT2D eigenvalue weighted by molar-refractivity contribution is 0.243. The van der Waals surface area contributed by atoms with Crippen LogP contribution < -0.4 is 5.73 Å². The molecule has 0 fully saturated rings. The number of aromatic nitrogens is 4. The predicted octanol–water partition coefficient (Wildman–Crippen LogP) is 3.18. The predicted molar refractivity (Wildman–Crippen MR) is 76.8 cm³/mol. The van der Waals surface area contributed by atoms with Crippen molar-refractivity contribution in [2.45, 2.75) is 33.7 Å². The van der Waals surface area contributed by atoms with Gasteiger partial charge in [0.25, 0.3) is 0 Å². The first-order valence-electron chi connectivity index (χ1n) is 6.13. The van der Waals surface area contributed by atoms with Crippen LogP contribution in [0.15, 0.2) is 18.2 Å². The molecule has 0 amide bonds. The molecule has 0 saturated carbocycles. The first kappa shape index (κ1) is 13.8. The zero-order valence-electron chi connectivity index (χ0n) is 11.6. The number of nitrogens with zero attached hydrogens (tertiary/aromatic N) is 4. The van der Waals surface area contributed by atoms with E-state index in [0.717, 1.165) is 5.56 Å². The molecule has 1 heterocycles. The molecular weight excluding hydrogens is 262 g/mol. The summed E-state index contributed by atoms with van der Waals surface area (Å²) >= 11 is 6.03. The Bertz CT molecular complexity index is 565. The molecule has 1 atom stereocenters. The van der Waals surface area contributed by atoms with Crippen molar-refractivity contribution < 1.29 is 0 Å². The number of benzene rings is 1. The highest BCUT2D eigenvalue weighted by Crippen LogP contribution is 2.33. The minimum Gasteiger partial charge on any atom is -0.399 e. The van der Waals surface area contributed by atoms with E-state index in [1.807, 2.05) is 16.8 Å². The van der Waals surface area contributed by atoms with E-state index in [1.165, 1.54) is 0 Å². The van der Waals surface area contributed by atoms with Crippen LogP contribution in [0.4, 0.5) is 5.69 Å². The van der Waals surface area contributed by atoms with Crippen LogP contribution in [0.2, 0.25) is 5.02 Å². The van der Waals surface area contributed by atoms with Crippen LogP contribution in [0, 0.1) is 5.41 Å².